The number of aromatic nitrogens is 2. The Hall–Kier alpha value is -1.69. The number of hydrogen-bond donors (Lipinski definition) is 1. The third-order valence-electron chi connectivity index (χ3n) is 2.57. The van der Waals surface area contributed by atoms with Gasteiger partial charge in [-0.25, -0.2) is 9.78 Å². The summed E-state index contributed by atoms with van der Waals surface area (Å²) in [6.07, 6.45) is 4.21. The number of pyridine rings is 1. The van der Waals surface area contributed by atoms with Crippen molar-refractivity contribution in [2.24, 2.45) is 0 Å². The third-order valence-corrected chi connectivity index (χ3v) is 3.70. The van der Waals surface area contributed by atoms with E-state index in [0.717, 1.165) is 22.8 Å². The molecule has 2 aromatic heterocycles. The summed E-state index contributed by atoms with van der Waals surface area (Å²) in [4.78, 5) is 15.5. The predicted octanol–water partition coefficient (Wildman–Crippen LogP) is 2.95. The van der Waals surface area contributed by atoms with Crippen molar-refractivity contribution in [3.63, 3.8) is 0 Å². The van der Waals surface area contributed by atoms with Crippen LogP contribution in [0.25, 0.3) is 5.65 Å². The second-order valence-corrected chi connectivity index (χ2v) is 5.72. The Balaban J connectivity index is 1.71. The summed E-state index contributed by atoms with van der Waals surface area (Å²) in [6, 6.07) is 6.05. The second-order valence-electron chi connectivity index (χ2n) is 4.60. The average Bonchev–Trinajstić information content (AvgIpc) is 2.86. The molecule has 0 bridgehead atoms. The lowest BCUT2D eigenvalue weighted by Gasteiger charge is -2.09. The van der Waals surface area contributed by atoms with Crippen LogP contribution in [0, 0.1) is 0 Å². The van der Waals surface area contributed by atoms with Gasteiger partial charge < -0.3 is 10.1 Å². The van der Waals surface area contributed by atoms with E-state index in [1.54, 1.807) is 18.0 Å². The number of rotatable bonds is 6. The maximum Gasteiger partial charge on any atom is 0.407 e. The maximum absolute atomic E-state index is 11.3. The predicted molar refractivity (Wildman–Crippen MR) is 80.2 cm³/mol. The highest BCUT2D eigenvalue weighted by atomic mass is 32.2. The van der Waals surface area contributed by atoms with Gasteiger partial charge in [-0.3, -0.25) is 4.40 Å². The van der Waals surface area contributed by atoms with E-state index in [1.807, 2.05) is 32.2 Å². The first-order valence-corrected chi connectivity index (χ1v) is 7.65. The number of thioether (sulfide) groups is 1. The van der Waals surface area contributed by atoms with Crippen LogP contribution in [0.3, 0.4) is 0 Å². The number of hydrogen-bond acceptors (Lipinski definition) is 4. The van der Waals surface area contributed by atoms with E-state index in [0.29, 0.717) is 6.54 Å². The molecule has 0 unspecified atom stereocenters. The number of nitrogens with one attached hydrogen (secondary N) is 1. The van der Waals surface area contributed by atoms with E-state index >= 15 is 0 Å². The number of fused-ring (bicyclic) bond motifs is 1. The molecule has 6 heteroatoms. The van der Waals surface area contributed by atoms with Crippen molar-refractivity contribution in [3.8, 4) is 0 Å². The van der Waals surface area contributed by atoms with Crippen LogP contribution in [-0.2, 0) is 4.74 Å². The molecule has 0 aliphatic heterocycles. The zero-order valence-electron chi connectivity index (χ0n) is 11.7. The molecule has 1 amide bonds. The van der Waals surface area contributed by atoms with Crippen LogP contribution < -0.4 is 5.32 Å². The molecule has 108 valence electrons. The molecular weight excluding hydrogens is 274 g/mol. The van der Waals surface area contributed by atoms with E-state index in [4.69, 9.17) is 4.74 Å². The van der Waals surface area contributed by atoms with E-state index in [-0.39, 0.29) is 12.2 Å². The van der Waals surface area contributed by atoms with Crippen LogP contribution in [-0.4, -0.2) is 33.9 Å². The quantitative estimate of drug-likeness (QED) is 0.657. The van der Waals surface area contributed by atoms with Crippen LogP contribution in [0.4, 0.5) is 4.79 Å². The molecular formula is C14H19N3O2S. The summed E-state index contributed by atoms with van der Waals surface area (Å²) in [5.41, 5.74) is 0.952. The Morgan fingerprint density at radius 2 is 2.35 bits per heavy atom. The fraction of sp³-hybridized carbons (Fsp3) is 0.429. The van der Waals surface area contributed by atoms with E-state index in [9.17, 15) is 4.79 Å². The number of alkyl carbamates (subject to hydrolysis) is 1. The van der Waals surface area contributed by atoms with Gasteiger partial charge in [-0.1, -0.05) is 6.07 Å². The van der Waals surface area contributed by atoms with Crippen molar-refractivity contribution in [1.82, 2.24) is 14.7 Å². The summed E-state index contributed by atoms with van der Waals surface area (Å²) >= 11 is 1.75. The first-order valence-electron chi connectivity index (χ1n) is 6.66. The molecule has 0 aromatic carbocycles. The van der Waals surface area contributed by atoms with Crippen molar-refractivity contribution in [2.75, 3.05) is 12.3 Å². The highest BCUT2D eigenvalue weighted by molar-refractivity contribution is 7.99. The fourth-order valence-electron chi connectivity index (χ4n) is 1.73. The Morgan fingerprint density at radius 3 is 3.15 bits per heavy atom. The molecule has 0 aliphatic carbocycles. The van der Waals surface area contributed by atoms with Crippen molar-refractivity contribution in [3.05, 3.63) is 30.6 Å². The molecule has 2 rings (SSSR count). The molecule has 1 N–H and O–H groups in total. The Morgan fingerprint density at radius 1 is 1.50 bits per heavy atom. The largest absolute Gasteiger partial charge is 0.447 e. The SMILES string of the molecule is CC(C)OC(=O)NCCCSc1cccc2nccn12. The molecule has 2 aromatic rings. The summed E-state index contributed by atoms with van der Waals surface area (Å²) < 4.78 is 7.05. The normalized spacial score (nSPS) is 10.9. The average molecular weight is 293 g/mol. The van der Waals surface area contributed by atoms with Gasteiger partial charge in [0.2, 0.25) is 0 Å². The van der Waals surface area contributed by atoms with E-state index in [2.05, 4.69) is 20.8 Å². The lowest BCUT2D eigenvalue weighted by atomic mass is 10.5. The topological polar surface area (TPSA) is 55.6 Å². The number of nitrogens with zero attached hydrogens (tertiary/aromatic N) is 2. The molecule has 0 saturated carbocycles. The molecule has 0 fully saturated rings. The van der Waals surface area contributed by atoms with Crippen molar-refractivity contribution in [1.29, 1.82) is 0 Å². The van der Waals surface area contributed by atoms with Gasteiger partial charge in [-0.2, -0.15) is 0 Å². The number of imidazole rings is 1. The highest BCUT2D eigenvalue weighted by Crippen LogP contribution is 2.19. The minimum Gasteiger partial charge on any atom is -0.447 e. The molecule has 0 atom stereocenters. The van der Waals surface area contributed by atoms with Gasteiger partial charge in [0.05, 0.1) is 11.1 Å². The lowest BCUT2D eigenvalue weighted by molar-refractivity contribution is 0.115. The number of carbonyl (C=O) groups is 1. The number of carbonyl (C=O) groups excluding carboxylic acids is 1. The van der Waals surface area contributed by atoms with Crippen molar-refractivity contribution < 1.29 is 9.53 Å². The van der Waals surface area contributed by atoms with Gasteiger partial charge in [0, 0.05) is 24.7 Å². The maximum atomic E-state index is 11.3. The van der Waals surface area contributed by atoms with Crippen molar-refractivity contribution in [2.45, 2.75) is 31.4 Å². The number of ether oxygens (including phenoxy) is 1. The van der Waals surface area contributed by atoms with E-state index in [1.165, 1.54) is 0 Å². The number of amides is 1. The van der Waals surface area contributed by atoms with E-state index < -0.39 is 0 Å². The minimum absolute atomic E-state index is 0.0804. The lowest BCUT2D eigenvalue weighted by Crippen LogP contribution is -2.27. The van der Waals surface area contributed by atoms with Crippen LogP contribution >= 0.6 is 11.8 Å². The third kappa shape index (κ3) is 4.16. The fourth-order valence-corrected chi connectivity index (χ4v) is 2.70. The zero-order valence-corrected chi connectivity index (χ0v) is 12.5. The monoisotopic (exact) mass is 293 g/mol. The zero-order chi connectivity index (χ0) is 14.4. The standard InChI is InChI=1S/C14H19N3O2S/c1-11(2)19-14(18)16-7-4-10-20-13-6-3-5-12-15-8-9-17(12)13/h3,5-6,8-9,11H,4,7,10H2,1-2H3,(H,16,18). The molecule has 0 aliphatic rings. The summed E-state index contributed by atoms with van der Waals surface area (Å²) in [5, 5.41) is 3.90. The Bertz CT molecular complexity index is 568. The summed E-state index contributed by atoms with van der Waals surface area (Å²) in [7, 11) is 0. The van der Waals surface area contributed by atoms with Gasteiger partial charge in [0.1, 0.15) is 5.65 Å². The summed E-state index contributed by atoms with van der Waals surface area (Å²) in [6.45, 7) is 4.29. The Labute approximate surface area is 122 Å². The smallest absolute Gasteiger partial charge is 0.407 e. The molecule has 2 heterocycles. The van der Waals surface area contributed by atoms with Gasteiger partial charge in [-0.05, 0) is 32.4 Å². The molecule has 0 spiro atoms. The van der Waals surface area contributed by atoms with Crippen LogP contribution in [0.1, 0.15) is 20.3 Å². The van der Waals surface area contributed by atoms with Crippen LogP contribution in [0.2, 0.25) is 0 Å². The van der Waals surface area contributed by atoms with Gasteiger partial charge in [0.15, 0.2) is 0 Å². The Kier molecular flexibility index (Phi) is 5.29. The summed E-state index contributed by atoms with van der Waals surface area (Å²) in [5.74, 6) is 0.930. The second kappa shape index (κ2) is 7.19. The van der Waals surface area contributed by atoms with Gasteiger partial charge in [0.25, 0.3) is 0 Å². The van der Waals surface area contributed by atoms with Gasteiger partial charge >= 0.3 is 6.09 Å². The van der Waals surface area contributed by atoms with Crippen LogP contribution in [0.5, 0.6) is 0 Å². The first kappa shape index (κ1) is 14.7. The molecule has 20 heavy (non-hydrogen) atoms. The van der Waals surface area contributed by atoms with Crippen LogP contribution in [0.15, 0.2) is 35.6 Å². The minimum atomic E-state index is -0.346. The highest BCUT2D eigenvalue weighted by Gasteiger charge is 2.04. The van der Waals surface area contributed by atoms with Crippen molar-refractivity contribution >= 4 is 23.5 Å². The van der Waals surface area contributed by atoms with Gasteiger partial charge in [-0.15, -0.1) is 11.8 Å². The molecule has 0 saturated heterocycles. The molecule has 0 radical (unpaired) electrons. The first-order chi connectivity index (χ1) is 9.66. The molecule has 5 nitrogen and oxygen atoms in total.